The quantitative estimate of drug-likeness (QED) is 0.622. The number of hydrogen-bond acceptors (Lipinski definition) is 4. The highest BCUT2D eigenvalue weighted by Crippen LogP contribution is 2.16. The Morgan fingerprint density at radius 2 is 1.56 bits per heavy atom. The summed E-state index contributed by atoms with van der Waals surface area (Å²) in [6.45, 7) is 3.96. The van der Waals surface area contributed by atoms with Crippen LogP contribution in [0.5, 0.6) is 0 Å². The Kier molecular flexibility index (Phi) is 6.46. The van der Waals surface area contributed by atoms with Crippen LogP contribution in [-0.2, 0) is 9.53 Å². The summed E-state index contributed by atoms with van der Waals surface area (Å²) in [7, 11) is 0. The van der Waals surface area contributed by atoms with E-state index in [-0.39, 0.29) is 22.8 Å². The van der Waals surface area contributed by atoms with E-state index in [0.29, 0.717) is 12.1 Å². The van der Waals surface area contributed by atoms with Crippen LogP contribution in [0.1, 0.15) is 46.5 Å². The van der Waals surface area contributed by atoms with Crippen LogP contribution in [0.3, 0.4) is 0 Å². The first-order valence-corrected chi connectivity index (χ1v) is 8.22. The third kappa shape index (κ3) is 4.76. The molecule has 0 radical (unpaired) electrons. The monoisotopic (exact) mass is 339 g/mol. The maximum atomic E-state index is 12.6. The molecule has 0 aliphatic carbocycles. The first-order valence-electron chi connectivity index (χ1n) is 8.22. The zero-order valence-corrected chi connectivity index (χ0v) is 14.3. The minimum Gasteiger partial charge on any atom is -0.449 e. The van der Waals surface area contributed by atoms with E-state index in [1.165, 1.54) is 13.0 Å². The summed E-state index contributed by atoms with van der Waals surface area (Å²) in [4.78, 5) is 36.9. The summed E-state index contributed by atoms with van der Waals surface area (Å²) in [5.41, 5.74) is 0.878. The summed E-state index contributed by atoms with van der Waals surface area (Å²) >= 11 is 0. The van der Waals surface area contributed by atoms with Gasteiger partial charge in [0, 0.05) is 17.7 Å². The maximum absolute atomic E-state index is 12.6. The second kappa shape index (κ2) is 8.78. The van der Waals surface area contributed by atoms with Crippen molar-refractivity contribution in [1.82, 2.24) is 5.32 Å². The number of hydrogen-bond donors (Lipinski definition) is 1. The van der Waals surface area contributed by atoms with Crippen molar-refractivity contribution < 1.29 is 19.1 Å². The highest BCUT2D eigenvalue weighted by atomic mass is 16.5. The molecule has 0 aliphatic heterocycles. The fraction of sp³-hybridized carbons (Fsp3) is 0.250. The number of ketones is 1. The summed E-state index contributed by atoms with van der Waals surface area (Å²) in [6, 6.07) is 15.1. The molecule has 5 nitrogen and oxygen atoms in total. The van der Waals surface area contributed by atoms with Crippen LogP contribution >= 0.6 is 0 Å². The zero-order chi connectivity index (χ0) is 18.2. The predicted octanol–water partition coefficient (Wildman–Crippen LogP) is 2.99. The minimum absolute atomic E-state index is 0.145. The van der Waals surface area contributed by atoms with E-state index < -0.39 is 12.1 Å². The highest BCUT2D eigenvalue weighted by molar-refractivity contribution is 6.14. The van der Waals surface area contributed by atoms with Crippen molar-refractivity contribution in [1.29, 1.82) is 0 Å². The van der Waals surface area contributed by atoms with Gasteiger partial charge in [0.1, 0.15) is 0 Å². The minimum atomic E-state index is -0.932. The van der Waals surface area contributed by atoms with Crippen molar-refractivity contribution in [3.8, 4) is 0 Å². The van der Waals surface area contributed by atoms with E-state index in [1.807, 2.05) is 13.0 Å². The molecular formula is C20H21NO4. The SMILES string of the molecule is CCCNC(=O)C(C)OC(=O)c1ccccc1C(=O)c1ccccc1. The Morgan fingerprint density at radius 3 is 2.20 bits per heavy atom. The molecule has 0 aromatic heterocycles. The van der Waals surface area contributed by atoms with E-state index in [1.54, 1.807) is 42.5 Å². The van der Waals surface area contributed by atoms with Gasteiger partial charge in [-0.05, 0) is 19.4 Å². The molecule has 5 heteroatoms. The fourth-order valence-electron chi connectivity index (χ4n) is 2.27. The van der Waals surface area contributed by atoms with Gasteiger partial charge in [-0.25, -0.2) is 4.79 Å². The molecule has 2 rings (SSSR count). The average Bonchev–Trinajstić information content (AvgIpc) is 2.66. The second-order valence-electron chi connectivity index (χ2n) is 5.58. The smallest absolute Gasteiger partial charge is 0.339 e. The number of rotatable bonds is 7. The molecule has 1 unspecified atom stereocenters. The zero-order valence-electron chi connectivity index (χ0n) is 14.3. The molecule has 1 N–H and O–H groups in total. The fourth-order valence-corrected chi connectivity index (χ4v) is 2.27. The van der Waals surface area contributed by atoms with Crippen LogP contribution in [0.25, 0.3) is 0 Å². The third-order valence-corrected chi connectivity index (χ3v) is 3.63. The topological polar surface area (TPSA) is 72.5 Å². The number of ether oxygens (including phenoxy) is 1. The molecule has 0 saturated heterocycles. The van der Waals surface area contributed by atoms with Crippen molar-refractivity contribution in [2.75, 3.05) is 6.54 Å². The molecule has 2 aromatic carbocycles. The molecule has 0 bridgehead atoms. The Hall–Kier alpha value is -2.95. The van der Waals surface area contributed by atoms with Crippen LogP contribution < -0.4 is 5.32 Å². The number of benzene rings is 2. The Balaban J connectivity index is 2.18. The van der Waals surface area contributed by atoms with Gasteiger partial charge in [0.25, 0.3) is 5.91 Å². The van der Waals surface area contributed by atoms with E-state index in [2.05, 4.69) is 5.32 Å². The summed E-state index contributed by atoms with van der Waals surface area (Å²) in [5.74, 6) is -1.32. The van der Waals surface area contributed by atoms with Crippen LogP contribution in [0, 0.1) is 0 Å². The van der Waals surface area contributed by atoms with Gasteiger partial charge in [-0.3, -0.25) is 9.59 Å². The van der Waals surface area contributed by atoms with E-state index in [4.69, 9.17) is 4.74 Å². The first kappa shape index (κ1) is 18.4. The normalized spacial score (nSPS) is 11.4. The van der Waals surface area contributed by atoms with Crippen molar-refractivity contribution in [2.24, 2.45) is 0 Å². The van der Waals surface area contributed by atoms with Crippen LogP contribution in [0.15, 0.2) is 54.6 Å². The standard InChI is InChI=1S/C20H21NO4/c1-3-13-21-19(23)14(2)25-20(24)17-12-8-7-11-16(17)18(22)15-9-5-4-6-10-15/h4-12,14H,3,13H2,1-2H3,(H,21,23). The largest absolute Gasteiger partial charge is 0.449 e. The maximum Gasteiger partial charge on any atom is 0.339 e. The molecule has 1 amide bonds. The molecule has 0 heterocycles. The van der Waals surface area contributed by atoms with Gasteiger partial charge in [0.2, 0.25) is 0 Å². The number of nitrogens with one attached hydrogen (secondary N) is 1. The Morgan fingerprint density at radius 1 is 0.960 bits per heavy atom. The lowest BCUT2D eigenvalue weighted by Gasteiger charge is -2.14. The lowest BCUT2D eigenvalue weighted by atomic mass is 9.98. The second-order valence-corrected chi connectivity index (χ2v) is 5.58. The van der Waals surface area contributed by atoms with Gasteiger partial charge < -0.3 is 10.1 Å². The summed E-state index contributed by atoms with van der Waals surface area (Å²) < 4.78 is 5.22. The number of carbonyl (C=O) groups is 3. The first-order chi connectivity index (χ1) is 12.0. The van der Waals surface area contributed by atoms with E-state index in [0.717, 1.165) is 6.42 Å². The lowest BCUT2D eigenvalue weighted by Crippen LogP contribution is -2.36. The molecule has 130 valence electrons. The predicted molar refractivity (Wildman–Crippen MR) is 94.5 cm³/mol. The molecule has 0 fully saturated rings. The van der Waals surface area contributed by atoms with Crippen molar-refractivity contribution in [2.45, 2.75) is 26.4 Å². The van der Waals surface area contributed by atoms with Crippen molar-refractivity contribution in [3.05, 3.63) is 71.3 Å². The van der Waals surface area contributed by atoms with Gasteiger partial charge in [0.15, 0.2) is 11.9 Å². The van der Waals surface area contributed by atoms with Crippen LogP contribution in [-0.4, -0.2) is 30.3 Å². The van der Waals surface area contributed by atoms with Crippen LogP contribution in [0.2, 0.25) is 0 Å². The lowest BCUT2D eigenvalue weighted by molar-refractivity contribution is -0.129. The number of esters is 1. The van der Waals surface area contributed by atoms with Gasteiger partial charge in [-0.2, -0.15) is 0 Å². The van der Waals surface area contributed by atoms with Gasteiger partial charge in [0.05, 0.1) is 5.56 Å². The molecular weight excluding hydrogens is 318 g/mol. The van der Waals surface area contributed by atoms with Gasteiger partial charge in [-0.15, -0.1) is 0 Å². The third-order valence-electron chi connectivity index (χ3n) is 3.63. The molecule has 1 atom stereocenters. The van der Waals surface area contributed by atoms with Gasteiger partial charge >= 0.3 is 5.97 Å². The van der Waals surface area contributed by atoms with Crippen molar-refractivity contribution >= 4 is 17.7 Å². The summed E-state index contributed by atoms with van der Waals surface area (Å²) in [5, 5.41) is 2.67. The molecule has 0 aliphatic rings. The van der Waals surface area contributed by atoms with Gasteiger partial charge in [-0.1, -0.05) is 55.5 Å². The molecule has 0 saturated carbocycles. The summed E-state index contributed by atoms with van der Waals surface area (Å²) in [6.07, 6.45) is -0.139. The van der Waals surface area contributed by atoms with Crippen LogP contribution in [0.4, 0.5) is 0 Å². The Labute approximate surface area is 147 Å². The molecule has 2 aromatic rings. The number of amides is 1. The average molecular weight is 339 g/mol. The Bertz CT molecular complexity index is 755. The van der Waals surface area contributed by atoms with Crippen molar-refractivity contribution in [3.63, 3.8) is 0 Å². The number of carbonyl (C=O) groups excluding carboxylic acids is 3. The van der Waals surface area contributed by atoms with E-state index >= 15 is 0 Å². The van der Waals surface area contributed by atoms with E-state index in [9.17, 15) is 14.4 Å². The molecule has 25 heavy (non-hydrogen) atoms. The molecule has 0 spiro atoms. The highest BCUT2D eigenvalue weighted by Gasteiger charge is 2.23.